The topological polar surface area (TPSA) is 26.3 Å². The average Bonchev–Trinajstić information content (AvgIpc) is 2.41. The van der Waals surface area contributed by atoms with Gasteiger partial charge in [0.25, 0.3) is 0 Å². The van der Waals surface area contributed by atoms with Gasteiger partial charge in [-0.15, -0.1) is 0 Å². The fourth-order valence-electron chi connectivity index (χ4n) is 1.72. The fraction of sp³-hybridized carbons (Fsp3) is 0.133. The molecule has 0 spiro atoms. The number of rotatable bonds is 4. The molecule has 0 N–H and O–H groups in total. The molecule has 0 radical (unpaired) electrons. The lowest BCUT2D eigenvalue weighted by Gasteiger charge is -2.11. The first-order chi connectivity index (χ1) is 9.49. The summed E-state index contributed by atoms with van der Waals surface area (Å²) < 4.78 is 32.7. The van der Waals surface area contributed by atoms with Crippen LogP contribution in [0.1, 0.15) is 22.8 Å². The standard InChI is InChI=1S/C15H11BrF2O2/c1-9(19)12-7-11(16)5-6-14(12)20-8-10-3-2-4-13(17)15(10)18/h2-7H,8H2,1H3. The van der Waals surface area contributed by atoms with Crippen LogP contribution in [-0.4, -0.2) is 5.78 Å². The van der Waals surface area contributed by atoms with Crippen LogP contribution in [0.5, 0.6) is 5.75 Å². The molecule has 0 fully saturated rings. The van der Waals surface area contributed by atoms with Gasteiger partial charge in [-0.25, -0.2) is 8.78 Å². The SMILES string of the molecule is CC(=O)c1cc(Br)ccc1OCc1cccc(F)c1F. The number of benzene rings is 2. The van der Waals surface area contributed by atoms with E-state index in [2.05, 4.69) is 15.9 Å². The number of halogens is 3. The zero-order valence-electron chi connectivity index (χ0n) is 10.6. The van der Waals surface area contributed by atoms with Crippen molar-refractivity contribution in [1.82, 2.24) is 0 Å². The van der Waals surface area contributed by atoms with Crippen molar-refractivity contribution in [2.24, 2.45) is 0 Å². The first-order valence-electron chi connectivity index (χ1n) is 5.85. The Morgan fingerprint density at radius 3 is 2.70 bits per heavy atom. The minimum absolute atomic E-state index is 0.0995. The van der Waals surface area contributed by atoms with E-state index < -0.39 is 11.6 Å². The summed E-state index contributed by atoms with van der Waals surface area (Å²) in [5.41, 5.74) is 0.485. The summed E-state index contributed by atoms with van der Waals surface area (Å²) >= 11 is 3.26. The van der Waals surface area contributed by atoms with Gasteiger partial charge in [-0.2, -0.15) is 0 Å². The number of carbonyl (C=O) groups is 1. The lowest BCUT2D eigenvalue weighted by molar-refractivity contribution is 0.101. The average molecular weight is 341 g/mol. The number of ketones is 1. The van der Waals surface area contributed by atoms with Gasteiger partial charge >= 0.3 is 0 Å². The van der Waals surface area contributed by atoms with Crippen molar-refractivity contribution in [3.63, 3.8) is 0 Å². The minimum atomic E-state index is -0.936. The van der Waals surface area contributed by atoms with Gasteiger partial charge in [0, 0.05) is 10.0 Å². The van der Waals surface area contributed by atoms with Gasteiger partial charge in [0.05, 0.1) is 5.56 Å². The molecule has 20 heavy (non-hydrogen) atoms. The highest BCUT2D eigenvalue weighted by atomic mass is 79.9. The van der Waals surface area contributed by atoms with Gasteiger partial charge in [0.2, 0.25) is 0 Å². The molecule has 2 aromatic rings. The number of hydrogen-bond donors (Lipinski definition) is 0. The van der Waals surface area contributed by atoms with E-state index in [0.29, 0.717) is 11.3 Å². The smallest absolute Gasteiger partial charge is 0.165 e. The molecule has 0 aliphatic rings. The predicted molar refractivity (Wildman–Crippen MR) is 74.8 cm³/mol. The third-order valence-electron chi connectivity index (χ3n) is 2.74. The van der Waals surface area contributed by atoms with E-state index in [1.54, 1.807) is 18.2 Å². The van der Waals surface area contributed by atoms with E-state index in [1.165, 1.54) is 19.1 Å². The summed E-state index contributed by atoms with van der Waals surface area (Å²) in [6.07, 6.45) is 0. The lowest BCUT2D eigenvalue weighted by Crippen LogP contribution is -2.04. The quantitative estimate of drug-likeness (QED) is 0.765. The number of Topliss-reactive ketones (excluding diaryl/α,β-unsaturated/α-hetero) is 1. The van der Waals surface area contributed by atoms with Gasteiger partial charge in [0.1, 0.15) is 12.4 Å². The summed E-state index contributed by atoms with van der Waals surface area (Å²) in [5.74, 6) is -1.69. The molecule has 2 aromatic carbocycles. The summed E-state index contributed by atoms with van der Waals surface area (Å²) in [6.45, 7) is 1.27. The largest absolute Gasteiger partial charge is 0.488 e. The molecule has 0 bridgehead atoms. The summed E-state index contributed by atoms with van der Waals surface area (Å²) in [7, 11) is 0. The van der Waals surface area contributed by atoms with Crippen molar-refractivity contribution < 1.29 is 18.3 Å². The molecule has 0 amide bonds. The first kappa shape index (κ1) is 14.7. The maximum absolute atomic E-state index is 13.5. The van der Waals surface area contributed by atoms with Crippen LogP contribution in [-0.2, 0) is 6.61 Å². The molecule has 0 aliphatic heterocycles. The molecule has 5 heteroatoms. The Kier molecular flexibility index (Phi) is 4.49. The molecule has 2 nitrogen and oxygen atoms in total. The molecule has 2 rings (SSSR count). The minimum Gasteiger partial charge on any atom is -0.488 e. The molecule has 0 saturated heterocycles. The van der Waals surface area contributed by atoms with Crippen molar-refractivity contribution >= 4 is 21.7 Å². The van der Waals surface area contributed by atoms with E-state index in [0.717, 1.165) is 10.5 Å². The van der Waals surface area contributed by atoms with E-state index in [-0.39, 0.29) is 18.0 Å². The Hall–Kier alpha value is -1.75. The fourth-order valence-corrected chi connectivity index (χ4v) is 2.08. The van der Waals surface area contributed by atoms with E-state index >= 15 is 0 Å². The molecule has 0 saturated carbocycles. The zero-order valence-corrected chi connectivity index (χ0v) is 12.2. The van der Waals surface area contributed by atoms with E-state index in [1.807, 2.05) is 0 Å². The predicted octanol–water partition coefficient (Wildman–Crippen LogP) is 4.51. The second kappa shape index (κ2) is 6.13. The molecule has 0 aromatic heterocycles. The Bertz CT molecular complexity index is 656. The molecular formula is C15H11BrF2O2. The Labute approximate surface area is 123 Å². The molecule has 0 atom stereocenters. The number of ether oxygens (including phenoxy) is 1. The van der Waals surface area contributed by atoms with Gasteiger partial charge in [-0.3, -0.25) is 4.79 Å². The second-order valence-electron chi connectivity index (χ2n) is 4.20. The lowest BCUT2D eigenvalue weighted by atomic mass is 10.1. The van der Waals surface area contributed by atoms with Crippen LogP contribution in [0.4, 0.5) is 8.78 Å². The summed E-state index contributed by atoms with van der Waals surface area (Å²) in [6, 6.07) is 8.83. The Morgan fingerprint density at radius 1 is 1.25 bits per heavy atom. The van der Waals surface area contributed by atoms with Crippen LogP contribution in [0.2, 0.25) is 0 Å². The molecular weight excluding hydrogens is 330 g/mol. The van der Waals surface area contributed by atoms with Gasteiger partial charge in [-0.05, 0) is 31.2 Å². The van der Waals surface area contributed by atoms with Crippen molar-refractivity contribution in [3.8, 4) is 5.75 Å². The number of carbonyl (C=O) groups excluding carboxylic acids is 1. The van der Waals surface area contributed by atoms with Crippen molar-refractivity contribution in [2.75, 3.05) is 0 Å². The van der Waals surface area contributed by atoms with E-state index in [4.69, 9.17) is 4.74 Å². The molecule has 0 heterocycles. The van der Waals surface area contributed by atoms with Crippen LogP contribution in [0.15, 0.2) is 40.9 Å². The van der Waals surface area contributed by atoms with Crippen LogP contribution in [0, 0.1) is 11.6 Å². The van der Waals surface area contributed by atoms with Crippen LogP contribution in [0.25, 0.3) is 0 Å². The Morgan fingerprint density at radius 2 is 2.00 bits per heavy atom. The van der Waals surface area contributed by atoms with Crippen molar-refractivity contribution in [2.45, 2.75) is 13.5 Å². The Balaban J connectivity index is 2.23. The zero-order chi connectivity index (χ0) is 14.7. The molecule has 104 valence electrons. The van der Waals surface area contributed by atoms with Crippen LogP contribution < -0.4 is 4.74 Å². The maximum Gasteiger partial charge on any atom is 0.165 e. The normalized spacial score (nSPS) is 10.4. The van der Waals surface area contributed by atoms with Crippen molar-refractivity contribution in [1.29, 1.82) is 0 Å². The monoisotopic (exact) mass is 340 g/mol. The van der Waals surface area contributed by atoms with Crippen molar-refractivity contribution in [3.05, 3.63) is 63.6 Å². The highest BCUT2D eigenvalue weighted by molar-refractivity contribution is 9.10. The molecule has 0 unspecified atom stereocenters. The third kappa shape index (κ3) is 3.22. The van der Waals surface area contributed by atoms with Gasteiger partial charge in [-0.1, -0.05) is 28.1 Å². The summed E-state index contributed by atoms with van der Waals surface area (Å²) in [5, 5.41) is 0. The number of hydrogen-bond acceptors (Lipinski definition) is 2. The van der Waals surface area contributed by atoms with Gasteiger partial charge < -0.3 is 4.74 Å². The first-order valence-corrected chi connectivity index (χ1v) is 6.64. The van der Waals surface area contributed by atoms with E-state index in [9.17, 15) is 13.6 Å². The van der Waals surface area contributed by atoms with Crippen LogP contribution >= 0.6 is 15.9 Å². The van der Waals surface area contributed by atoms with Crippen LogP contribution in [0.3, 0.4) is 0 Å². The highest BCUT2D eigenvalue weighted by Crippen LogP contribution is 2.25. The third-order valence-corrected chi connectivity index (χ3v) is 3.23. The summed E-state index contributed by atoms with van der Waals surface area (Å²) in [4.78, 5) is 11.5. The maximum atomic E-state index is 13.5. The molecule has 0 aliphatic carbocycles. The van der Waals surface area contributed by atoms with Gasteiger partial charge in [0.15, 0.2) is 17.4 Å². The highest BCUT2D eigenvalue weighted by Gasteiger charge is 2.12. The second-order valence-corrected chi connectivity index (χ2v) is 5.11.